The van der Waals surface area contributed by atoms with Crippen molar-refractivity contribution < 1.29 is 4.43 Å². The van der Waals surface area contributed by atoms with E-state index >= 15 is 0 Å². The Labute approximate surface area is 247 Å². The van der Waals surface area contributed by atoms with Crippen molar-refractivity contribution in [2.75, 3.05) is 19.7 Å². The molecule has 7 rings (SSSR count). The summed E-state index contributed by atoms with van der Waals surface area (Å²) < 4.78 is 7.40. The highest BCUT2D eigenvalue weighted by Gasteiger charge is 2.51. The predicted octanol–water partition coefficient (Wildman–Crippen LogP) is 7.41. The van der Waals surface area contributed by atoms with E-state index in [0.29, 0.717) is 17.9 Å². The van der Waals surface area contributed by atoms with Gasteiger partial charge < -0.3 is 4.43 Å². The van der Waals surface area contributed by atoms with Gasteiger partial charge in [-0.05, 0) is 63.3 Å². The second-order valence-electron chi connectivity index (χ2n) is 12.9. The average molecular weight is 558 g/mol. The van der Waals surface area contributed by atoms with Crippen molar-refractivity contribution in [1.82, 2.24) is 4.90 Å². The molecule has 41 heavy (non-hydrogen) atoms. The molecule has 210 valence electrons. The van der Waals surface area contributed by atoms with Gasteiger partial charge in [-0.25, -0.2) is 0 Å². The van der Waals surface area contributed by atoms with Crippen molar-refractivity contribution >= 4 is 24.3 Å². The largest absolute Gasteiger partial charge is 0.406 e. The lowest BCUT2D eigenvalue weighted by Gasteiger charge is -2.51. The molecule has 0 aromatic heterocycles. The fourth-order valence-corrected chi connectivity index (χ4v) is 11.9. The predicted molar refractivity (Wildman–Crippen MR) is 175 cm³/mol. The van der Waals surface area contributed by atoms with Crippen molar-refractivity contribution in [3.63, 3.8) is 0 Å². The first kappa shape index (κ1) is 27.9. The molecular weight excluding hydrogens is 515 g/mol. The molecule has 4 aromatic rings. The Morgan fingerprint density at radius 1 is 0.756 bits per heavy atom. The standard InChI is InChI=1S/C38H43NOSi/c1-38(2,3)41(35-20-12-6-13-21-35,36-22-14-7-15-23-36)40-29-34-26-32-24-25-39(34)28-33(32)27-37(30-16-8-4-9-17-30)31-18-10-5-11-19-31/h4-23,27,32-34H,24-26,28-29H2,1-3H3/t32-,33-,34-/m1/s1. The molecule has 3 aliphatic heterocycles. The molecular formula is C38H43NOSi. The van der Waals surface area contributed by atoms with Gasteiger partial charge in [0.25, 0.3) is 8.32 Å². The molecule has 3 heteroatoms. The number of hydrogen-bond acceptors (Lipinski definition) is 2. The van der Waals surface area contributed by atoms with E-state index in [4.69, 9.17) is 4.43 Å². The van der Waals surface area contributed by atoms with Crippen LogP contribution in [0.5, 0.6) is 0 Å². The first-order chi connectivity index (χ1) is 20.0. The number of rotatable bonds is 8. The summed E-state index contributed by atoms with van der Waals surface area (Å²) in [4.78, 5) is 2.73. The average Bonchev–Trinajstić information content (AvgIpc) is 3.02. The van der Waals surface area contributed by atoms with Gasteiger partial charge in [-0.15, -0.1) is 0 Å². The van der Waals surface area contributed by atoms with Crippen LogP contribution in [-0.4, -0.2) is 39.0 Å². The molecule has 0 spiro atoms. The van der Waals surface area contributed by atoms with E-state index < -0.39 is 8.32 Å². The Balaban J connectivity index is 1.27. The molecule has 0 N–H and O–H groups in total. The summed E-state index contributed by atoms with van der Waals surface area (Å²) in [5, 5.41) is 2.74. The molecule has 0 amide bonds. The van der Waals surface area contributed by atoms with E-state index in [0.717, 1.165) is 13.2 Å². The summed E-state index contributed by atoms with van der Waals surface area (Å²) in [5.74, 6) is 1.25. The van der Waals surface area contributed by atoms with Crippen molar-refractivity contribution in [1.29, 1.82) is 0 Å². The van der Waals surface area contributed by atoms with E-state index in [2.05, 4.69) is 153 Å². The second kappa shape index (κ2) is 11.9. The number of benzene rings is 4. The number of hydrogen-bond donors (Lipinski definition) is 0. The molecule has 3 aliphatic rings. The highest BCUT2D eigenvalue weighted by molar-refractivity contribution is 6.99. The fourth-order valence-electron chi connectivity index (χ4n) is 7.33. The summed E-state index contributed by atoms with van der Waals surface area (Å²) in [7, 11) is -2.53. The lowest BCUT2D eigenvalue weighted by atomic mass is 9.74. The van der Waals surface area contributed by atoms with E-state index in [-0.39, 0.29) is 5.04 Å². The van der Waals surface area contributed by atoms with Crippen LogP contribution in [0.4, 0.5) is 0 Å². The van der Waals surface area contributed by atoms with Gasteiger partial charge in [0.1, 0.15) is 0 Å². The van der Waals surface area contributed by atoms with Crippen LogP contribution in [0.1, 0.15) is 44.7 Å². The lowest BCUT2D eigenvalue weighted by molar-refractivity contribution is -0.00314. The molecule has 3 saturated heterocycles. The normalized spacial score (nSPS) is 22.3. The highest BCUT2D eigenvalue weighted by Crippen LogP contribution is 2.41. The van der Waals surface area contributed by atoms with Gasteiger partial charge in [-0.1, -0.05) is 148 Å². The molecule has 3 fully saturated rings. The minimum Gasteiger partial charge on any atom is -0.406 e. The van der Waals surface area contributed by atoms with Crippen LogP contribution in [0.3, 0.4) is 0 Å². The second-order valence-corrected chi connectivity index (χ2v) is 17.2. The lowest BCUT2D eigenvalue weighted by Crippen LogP contribution is -2.68. The first-order valence-corrected chi connectivity index (χ1v) is 17.2. The van der Waals surface area contributed by atoms with Crippen molar-refractivity contribution in [3.05, 3.63) is 139 Å². The van der Waals surface area contributed by atoms with Crippen LogP contribution in [0.2, 0.25) is 5.04 Å². The van der Waals surface area contributed by atoms with Gasteiger partial charge in [-0.3, -0.25) is 4.90 Å². The zero-order valence-corrected chi connectivity index (χ0v) is 25.7. The summed E-state index contributed by atoms with van der Waals surface area (Å²) in [6.07, 6.45) is 5.06. The van der Waals surface area contributed by atoms with Gasteiger partial charge in [0.05, 0.1) is 6.61 Å². The zero-order valence-electron chi connectivity index (χ0n) is 24.7. The Bertz CT molecular complexity index is 1350. The summed E-state index contributed by atoms with van der Waals surface area (Å²) in [6, 6.07) is 44.4. The van der Waals surface area contributed by atoms with E-state index in [9.17, 15) is 0 Å². The van der Waals surface area contributed by atoms with Crippen LogP contribution in [0.25, 0.3) is 5.57 Å². The molecule has 0 saturated carbocycles. The molecule has 0 aliphatic carbocycles. The van der Waals surface area contributed by atoms with E-state index in [1.54, 1.807) is 0 Å². The van der Waals surface area contributed by atoms with Crippen LogP contribution in [-0.2, 0) is 4.43 Å². The van der Waals surface area contributed by atoms with Crippen LogP contribution in [0, 0.1) is 11.8 Å². The van der Waals surface area contributed by atoms with Gasteiger partial charge in [0.2, 0.25) is 0 Å². The monoisotopic (exact) mass is 557 g/mol. The van der Waals surface area contributed by atoms with Crippen LogP contribution in [0.15, 0.2) is 127 Å². The third kappa shape index (κ3) is 5.64. The Hall–Kier alpha value is -3.24. The smallest absolute Gasteiger partial charge is 0.261 e. The van der Waals surface area contributed by atoms with Gasteiger partial charge in [0.15, 0.2) is 0 Å². The maximum atomic E-state index is 7.40. The molecule has 2 nitrogen and oxygen atoms in total. The quantitative estimate of drug-likeness (QED) is 0.209. The third-order valence-corrected chi connectivity index (χ3v) is 14.4. The zero-order chi connectivity index (χ0) is 28.3. The van der Waals surface area contributed by atoms with E-state index in [1.807, 2.05) is 0 Å². The molecule has 2 bridgehead atoms. The van der Waals surface area contributed by atoms with Crippen molar-refractivity contribution in [3.8, 4) is 0 Å². The van der Waals surface area contributed by atoms with Crippen LogP contribution >= 0.6 is 0 Å². The molecule has 4 atom stereocenters. The molecule has 1 unspecified atom stereocenters. The summed E-state index contributed by atoms with van der Waals surface area (Å²) in [6.45, 7) is 10.2. The maximum absolute atomic E-state index is 7.40. The maximum Gasteiger partial charge on any atom is 0.261 e. The van der Waals surface area contributed by atoms with Gasteiger partial charge >= 0.3 is 0 Å². The molecule has 3 heterocycles. The summed E-state index contributed by atoms with van der Waals surface area (Å²) in [5.41, 5.74) is 3.98. The minimum atomic E-state index is -2.53. The number of fused-ring (bicyclic) bond motifs is 3. The summed E-state index contributed by atoms with van der Waals surface area (Å²) >= 11 is 0. The number of nitrogens with zero attached hydrogens (tertiary/aromatic N) is 1. The van der Waals surface area contributed by atoms with Gasteiger partial charge in [0, 0.05) is 12.6 Å². The minimum absolute atomic E-state index is 0.00423. The Kier molecular flexibility index (Phi) is 8.12. The SMILES string of the molecule is CC(C)(C)[Si](OC[C@H]1C[C@H]2CCN1C[C@H]2C=C(c1ccccc1)c1ccccc1)(c1ccccc1)c1ccccc1. The third-order valence-electron chi connectivity index (χ3n) is 9.39. The first-order valence-electron chi connectivity index (χ1n) is 15.3. The molecule has 0 radical (unpaired) electrons. The highest BCUT2D eigenvalue weighted by atomic mass is 28.4. The topological polar surface area (TPSA) is 12.5 Å². The Morgan fingerprint density at radius 2 is 1.24 bits per heavy atom. The molecule has 4 aromatic carbocycles. The fraction of sp³-hybridized carbons (Fsp3) is 0.316. The number of piperidine rings is 3. The van der Waals surface area contributed by atoms with Gasteiger partial charge in [-0.2, -0.15) is 0 Å². The Morgan fingerprint density at radius 3 is 1.68 bits per heavy atom. The van der Waals surface area contributed by atoms with Crippen molar-refractivity contribution in [2.24, 2.45) is 11.8 Å². The van der Waals surface area contributed by atoms with Crippen molar-refractivity contribution in [2.45, 2.75) is 44.7 Å². The van der Waals surface area contributed by atoms with Crippen LogP contribution < -0.4 is 10.4 Å². The van der Waals surface area contributed by atoms with E-state index in [1.165, 1.54) is 46.5 Å².